The average molecular weight is 412 g/mol. The highest BCUT2D eigenvalue weighted by Crippen LogP contribution is 2.24. The molecule has 2 fully saturated rings. The second-order valence-electron chi connectivity index (χ2n) is 7.99. The molecule has 10 heteroatoms. The monoisotopic (exact) mass is 412 g/mol. The summed E-state index contributed by atoms with van der Waals surface area (Å²) in [5, 5.41) is 13.9. The first kappa shape index (κ1) is 20.4. The fraction of sp³-hybridized carbons (Fsp3) is 0.600. The van der Waals surface area contributed by atoms with Crippen molar-refractivity contribution in [2.24, 2.45) is 5.92 Å². The van der Waals surface area contributed by atoms with Crippen molar-refractivity contribution < 1.29 is 9.59 Å². The number of pyridine rings is 1. The first-order valence-electron chi connectivity index (χ1n) is 10.6. The summed E-state index contributed by atoms with van der Waals surface area (Å²) in [6, 6.07) is 6.14. The smallest absolute Gasteiger partial charge is 0.244 e. The lowest BCUT2D eigenvalue weighted by Gasteiger charge is -2.42. The van der Waals surface area contributed by atoms with E-state index >= 15 is 0 Å². The predicted octanol–water partition coefficient (Wildman–Crippen LogP) is 0.0875. The molecular weight excluding hydrogens is 384 g/mol. The van der Waals surface area contributed by atoms with Crippen LogP contribution >= 0.6 is 0 Å². The Bertz CT molecular complexity index is 821. The van der Waals surface area contributed by atoms with Crippen LogP contribution in [-0.2, 0) is 22.7 Å². The largest absolute Gasteiger partial charge is 0.350 e. The highest BCUT2D eigenvalue weighted by atomic mass is 16.2. The maximum Gasteiger partial charge on any atom is 0.244 e. The van der Waals surface area contributed by atoms with Crippen LogP contribution < -0.4 is 5.32 Å². The van der Waals surface area contributed by atoms with Crippen LogP contribution in [0, 0.1) is 5.92 Å². The number of tetrazole rings is 1. The van der Waals surface area contributed by atoms with Gasteiger partial charge in [0.25, 0.3) is 0 Å². The lowest BCUT2D eigenvalue weighted by molar-refractivity contribution is -0.133. The first-order valence-corrected chi connectivity index (χ1v) is 10.6. The van der Waals surface area contributed by atoms with Crippen molar-refractivity contribution in [2.75, 3.05) is 26.2 Å². The highest BCUT2D eigenvalue weighted by Gasteiger charge is 2.32. The van der Waals surface area contributed by atoms with Crippen molar-refractivity contribution in [3.63, 3.8) is 0 Å². The second-order valence-corrected chi connectivity index (χ2v) is 7.99. The molecule has 2 amide bonds. The summed E-state index contributed by atoms with van der Waals surface area (Å²) in [6.07, 6.45) is 7.02. The van der Waals surface area contributed by atoms with Crippen LogP contribution in [0.2, 0.25) is 0 Å². The Morgan fingerprint density at radius 1 is 1.13 bits per heavy atom. The molecule has 1 N–H and O–H groups in total. The molecule has 0 radical (unpaired) electrons. The van der Waals surface area contributed by atoms with Gasteiger partial charge in [-0.05, 0) is 54.8 Å². The predicted molar refractivity (Wildman–Crippen MR) is 108 cm³/mol. The second kappa shape index (κ2) is 9.75. The molecule has 4 heterocycles. The molecule has 0 unspecified atom stereocenters. The number of amides is 2. The molecule has 2 aromatic rings. The third-order valence-electron chi connectivity index (χ3n) is 6.02. The standard InChI is InChI=1S/C20H28N8O2/c29-19(14-28-15-23-24-25-28)26-10-6-18(7-11-26)27-9-3-4-16(13-27)20(30)22-12-17-5-1-2-8-21-17/h1-2,5,8,15-16,18H,3-4,6-7,9-14H2,(H,22,30)/t16-/m1/s1. The topological polar surface area (TPSA) is 109 Å². The van der Waals surface area contributed by atoms with Crippen LogP contribution in [0.25, 0.3) is 0 Å². The van der Waals surface area contributed by atoms with E-state index in [0.717, 1.165) is 57.6 Å². The van der Waals surface area contributed by atoms with Gasteiger partial charge in [-0.3, -0.25) is 19.5 Å². The van der Waals surface area contributed by atoms with Crippen LogP contribution in [0.15, 0.2) is 30.7 Å². The number of hydrogen-bond donors (Lipinski definition) is 1. The molecule has 2 aliphatic heterocycles. The molecule has 2 aliphatic rings. The Balaban J connectivity index is 1.23. The summed E-state index contributed by atoms with van der Waals surface area (Å²) in [4.78, 5) is 33.7. The summed E-state index contributed by atoms with van der Waals surface area (Å²) in [6.45, 7) is 3.93. The summed E-state index contributed by atoms with van der Waals surface area (Å²) in [5.41, 5.74) is 0.872. The highest BCUT2D eigenvalue weighted by molar-refractivity contribution is 5.79. The third-order valence-corrected chi connectivity index (χ3v) is 6.02. The van der Waals surface area contributed by atoms with Gasteiger partial charge >= 0.3 is 0 Å². The third kappa shape index (κ3) is 5.18. The summed E-state index contributed by atoms with van der Waals surface area (Å²) in [5.74, 6) is 0.174. The van der Waals surface area contributed by atoms with E-state index in [1.807, 2.05) is 23.1 Å². The zero-order chi connectivity index (χ0) is 20.8. The van der Waals surface area contributed by atoms with Gasteiger partial charge in [-0.2, -0.15) is 0 Å². The molecule has 1 atom stereocenters. The maximum atomic E-state index is 12.7. The van der Waals surface area contributed by atoms with Gasteiger partial charge in [-0.25, -0.2) is 4.68 Å². The van der Waals surface area contributed by atoms with Crippen molar-refractivity contribution in [2.45, 2.75) is 44.8 Å². The van der Waals surface area contributed by atoms with Crippen molar-refractivity contribution in [3.05, 3.63) is 36.4 Å². The van der Waals surface area contributed by atoms with Crippen molar-refractivity contribution in [3.8, 4) is 0 Å². The number of nitrogens with one attached hydrogen (secondary N) is 1. The lowest BCUT2D eigenvalue weighted by Crippen LogP contribution is -2.51. The zero-order valence-corrected chi connectivity index (χ0v) is 17.1. The van der Waals surface area contributed by atoms with Gasteiger partial charge in [0.05, 0.1) is 18.2 Å². The molecular formula is C20H28N8O2. The molecule has 0 aliphatic carbocycles. The average Bonchev–Trinajstić information content (AvgIpc) is 3.31. The first-order chi connectivity index (χ1) is 14.7. The van der Waals surface area contributed by atoms with E-state index in [1.165, 1.54) is 11.0 Å². The van der Waals surface area contributed by atoms with Gasteiger partial charge in [-0.15, -0.1) is 5.10 Å². The minimum Gasteiger partial charge on any atom is -0.350 e. The van der Waals surface area contributed by atoms with E-state index in [0.29, 0.717) is 12.6 Å². The van der Waals surface area contributed by atoms with Gasteiger partial charge < -0.3 is 10.2 Å². The number of aromatic nitrogens is 5. The van der Waals surface area contributed by atoms with Crippen molar-refractivity contribution in [1.82, 2.24) is 40.3 Å². The van der Waals surface area contributed by atoms with Gasteiger partial charge in [0.1, 0.15) is 12.9 Å². The van der Waals surface area contributed by atoms with Crippen LogP contribution in [0.4, 0.5) is 0 Å². The number of likely N-dealkylation sites (tertiary alicyclic amines) is 2. The van der Waals surface area contributed by atoms with Gasteiger partial charge in [-0.1, -0.05) is 6.07 Å². The molecule has 160 valence electrons. The van der Waals surface area contributed by atoms with Gasteiger partial charge in [0, 0.05) is 31.9 Å². The fourth-order valence-corrected chi connectivity index (χ4v) is 4.35. The zero-order valence-electron chi connectivity index (χ0n) is 17.1. The molecule has 10 nitrogen and oxygen atoms in total. The molecule has 2 aromatic heterocycles. The van der Waals surface area contributed by atoms with Crippen LogP contribution in [0.5, 0.6) is 0 Å². The van der Waals surface area contributed by atoms with Crippen LogP contribution in [-0.4, -0.2) is 79.0 Å². The molecule has 0 aromatic carbocycles. The number of rotatable bonds is 6. The number of piperidine rings is 2. The number of nitrogens with zero attached hydrogens (tertiary/aromatic N) is 7. The molecule has 30 heavy (non-hydrogen) atoms. The van der Waals surface area contributed by atoms with Crippen molar-refractivity contribution in [1.29, 1.82) is 0 Å². The Labute approximate surface area is 175 Å². The Hall–Kier alpha value is -2.88. The molecule has 2 saturated heterocycles. The Morgan fingerprint density at radius 3 is 2.73 bits per heavy atom. The lowest BCUT2D eigenvalue weighted by atomic mass is 9.93. The van der Waals surface area contributed by atoms with E-state index in [-0.39, 0.29) is 24.3 Å². The van der Waals surface area contributed by atoms with E-state index in [1.54, 1.807) is 6.20 Å². The van der Waals surface area contributed by atoms with E-state index in [9.17, 15) is 9.59 Å². The number of hydrogen-bond acceptors (Lipinski definition) is 7. The fourth-order valence-electron chi connectivity index (χ4n) is 4.35. The van der Waals surface area contributed by atoms with Gasteiger partial charge in [0.2, 0.25) is 11.8 Å². The molecule has 0 saturated carbocycles. The van der Waals surface area contributed by atoms with E-state index in [2.05, 4.69) is 30.7 Å². The number of carbonyl (C=O) groups is 2. The van der Waals surface area contributed by atoms with Crippen LogP contribution in [0.3, 0.4) is 0 Å². The normalized spacial score (nSPS) is 20.8. The van der Waals surface area contributed by atoms with Crippen molar-refractivity contribution >= 4 is 11.8 Å². The minimum atomic E-state index is 0.0157. The van der Waals surface area contributed by atoms with Crippen LogP contribution in [0.1, 0.15) is 31.4 Å². The summed E-state index contributed by atoms with van der Waals surface area (Å²) < 4.78 is 1.45. The molecule has 0 bridgehead atoms. The molecule has 0 spiro atoms. The number of carbonyl (C=O) groups excluding carboxylic acids is 2. The SMILES string of the molecule is O=C(NCc1ccccn1)[C@@H]1CCCN(C2CCN(C(=O)Cn3cnnn3)CC2)C1. The molecule has 4 rings (SSSR count). The Kier molecular flexibility index (Phi) is 6.63. The maximum absolute atomic E-state index is 12.7. The van der Waals surface area contributed by atoms with Gasteiger partial charge in [0.15, 0.2) is 0 Å². The minimum absolute atomic E-state index is 0.0157. The quantitative estimate of drug-likeness (QED) is 0.716. The van der Waals surface area contributed by atoms with E-state index in [4.69, 9.17) is 0 Å². The summed E-state index contributed by atoms with van der Waals surface area (Å²) in [7, 11) is 0. The van der Waals surface area contributed by atoms with E-state index < -0.39 is 0 Å². The summed E-state index contributed by atoms with van der Waals surface area (Å²) >= 11 is 0. The Morgan fingerprint density at radius 2 is 2.00 bits per heavy atom.